The Morgan fingerprint density at radius 2 is 2.00 bits per heavy atom. The summed E-state index contributed by atoms with van der Waals surface area (Å²) in [6.45, 7) is 4.73. The molecule has 0 saturated carbocycles. The van der Waals surface area contributed by atoms with E-state index in [-0.39, 0.29) is 11.9 Å². The second-order valence-electron chi connectivity index (χ2n) is 7.08. The van der Waals surface area contributed by atoms with E-state index < -0.39 is 0 Å². The van der Waals surface area contributed by atoms with Gasteiger partial charge in [-0.15, -0.1) is 0 Å². The molecule has 0 radical (unpaired) electrons. The molecule has 0 bridgehead atoms. The highest BCUT2D eigenvalue weighted by atomic mass is 16.5. The van der Waals surface area contributed by atoms with Crippen molar-refractivity contribution in [2.24, 2.45) is 7.05 Å². The number of ether oxygens (including phenoxy) is 1. The third-order valence-electron chi connectivity index (χ3n) is 5.11. The standard InChI is InChI=1S/C22H24N6O2/c1-5-28-11-10-19(26-28)14(2)24-22(29)17-12-20(15-6-8-16(30-4)9-7-15)25-21-18(17)13-23-27(21)3/h6-14H,5H2,1-4H3,(H,24,29). The number of carbonyl (C=O) groups excluding carboxylic acids is 1. The minimum Gasteiger partial charge on any atom is -0.497 e. The van der Waals surface area contributed by atoms with Crippen LogP contribution in [0.2, 0.25) is 0 Å². The number of aryl methyl sites for hydroxylation is 2. The van der Waals surface area contributed by atoms with Gasteiger partial charge in [-0.2, -0.15) is 10.2 Å². The lowest BCUT2D eigenvalue weighted by molar-refractivity contribution is 0.0940. The zero-order valence-corrected chi connectivity index (χ0v) is 17.5. The number of carbonyl (C=O) groups is 1. The van der Waals surface area contributed by atoms with Crippen LogP contribution in [0.3, 0.4) is 0 Å². The zero-order valence-electron chi connectivity index (χ0n) is 17.5. The van der Waals surface area contributed by atoms with Gasteiger partial charge in [0.2, 0.25) is 0 Å². The van der Waals surface area contributed by atoms with Gasteiger partial charge in [0.1, 0.15) is 5.75 Å². The minimum atomic E-state index is -0.227. The molecule has 0 aliphatic rings. The van der Waals surface area contributed by atoms with Crippen molar-refractivity contribution in [3.63, 3.8) is 0 Å². The summed E-state index contributed by atoms with van der Waals surface area (Å²) in [5.74, 6) is 0.572. The highest BCUT2D eigenvalue weighted by molar-refractivity contribution is 6.06. The van der Waals surface area contributed by atoms with Gasteiger partial charge < -0.3 is 10.1 Å². The first-order valence-electron chi connectivity index (χ1n) is 9.81. The lowest BCUT2D eigenvalue weighted by Crippen LogP contribution is -2.27. The Balaban J connectivity index is 1.70. The molecule has 0 saturated heterocycles. The lowest BCUT2D eigenvalue weighted by atomic mass is 10.1. The van der Waals surface area contributed by atoms with E-state index in [1.807, 2.05) is 62.1 Å². The molecule has 1 unspecified atom stereocenters. The highest BCUT2D eigenvalue weighted by Crippen LogP contribution is 2.26. The van der Waals surface area contributed by atoms with Crippen LogP contribution in [0.1, 0.15) is 35.9 Å². The number of amides is 1. The predicted molar refractivity (Wildman–Crippen MR) is 114 cm³/mol. The highest BCUT2D eigenvalue weighted by Gasteiger charge is 2.19. The Bertz CT molecular complexity index is 1190. The topological polar surface area (TPSA) is 86.9 Å². The maximum absolute atomic E-state index is 13.2. The largest absolute Gasteiger partial charge is 0.497 e. The molecule has 3 aromatic heterocycles. The fourth-order valence-electron chi connectivity index (χ4n) is 3.34. The van der Waals surface area contributed by atoms with Crippen LogP contribution in [0.25, 0.3) is 22.3 Å². The second kappa shape index (κ2) is 7.98. The molecule has 4 aromatic rings. The molecule has 8 heteroatoms. The molecule has 0 fully saturated rings. The van der Waals surface area contributed by atoms with Crippen molar-refractivity contribution < 1.29 is 9.53 Å². The van der Waals surface area contributed by atoms with Crippen LogP contribution in [0.5, 0.6) is 5.75 Å². The summed E-state index contributed by atoms with van der Waals surface area (Å²) in [7, 11) is 3.44. The van der Waals surface area contributed by atoms with Crippen molar-refractivity contribution >= 4 is 16.9 Å². The van der Waals surface area contributed by atoms with Crippen LogP contribution in [0, 0.1) is 0 Å². The van der Waals surface area contributed by atoms with Crippen molar-refractivity contribution in [3.8, 4) is 17.0 Å². The van der Waals surface area contributed by atoms with Gasteiger partial charge >= 0.3 is 0 Å². The monoisotopic (exact) mass is 404 g/mol. The summed E-state index contributed by atoms with van der Waals surface area (Å²) in [4.78, 5) is 17.9. The average Bonchev–Trinajstić information content (AvgIpc) is 3.40. The number of methoxy groups -OCH3 is 1. The quantitative estimate of drug-likeness (QED) is 0.533. The smallest absolute Gasteiger partial charge is 0.252 e. The van der Waals surface area contributed by atoms with Gasteiger partial charge in [-0.05, 0) is 50.2 Å². The normalized spacial score (nSPS) is 12.1. The molecule has 0 aliphatic heterocycles. The van der Waals surface area contributed by atoms with E-state index in [2.05, 4.69) is 15.5 Å². The average molecular weight is 404 g/mol. The molecule has 1 atom stereocenters. The molecule has 154 valence electrons. The van der Waals surface area contributed by atoms with Gasteiger partial charge in [-0.25, -0.2) is 4.98 Å². The molecule has 30 heavy (non-hydrogen) atoms. The minimum absolute atomic E-state index is 0.191. The Hall–Kier alpha value is -3.68. The summed E-state index contributed by atoms with van der Waals surface area (Å²) in [5, 5.41) is 12.5. The number of hydrogen-bond donors (Lipinski definition) is 1. The first-order valence-corrected chi connectivity index (χ1v) is 9.81. The van der Waals surface area contributed by atoms with Gasteiger partial charge in [-0.1, -0.05) is 0 Å². The Kier molecular flexibility index (Phi) is 5.22. The number of nitrogens with one attached hydrogen (secondary N) is 1. The van der Waals surface area contributed by atoms with Gasteiger partial charge in [0.25, 0.3) is 5.91 Å². The van der Waals surface area contributed by atoms with E-state index in [0.717, 1.165) is 23.6 Å². The summed E-state index contributed by atoms with van der Waals surface area (Å²) in [5.41, 5.74) is 3.58. The van der Waals surface area contributed by atoms with Gasteiger partial charge in [0, 0.05) is 25.4 Å². The fraction of sp³-hybridized carbons (Fsp3) is 0.273. The molecule has 3 heterocycles. The maximum atomic E-state index is 13.2. The van der Waals surface area contributed by atoms with Crippen molar-refractivity contribution in [2.75, 3.05) is 7.11 Å². The molecule has 4 rings (SSSR count). The first kappa shape index (κ1) is 19.6. The molecule has 1 N–H and O–H groups in total. The van der Waals surface area contributed by atoms with Crippen molar-refractivity contribution in [1.82, 2.24) is 29.9 Å². The van der Waals surface area contributed by atoms with Crippen LogP contribution in [0.15, 0.2) is 48.8 Å². The molecule has 1 aromatic carbocycles. The number of fused-ring (bicyclic) bond motifs is 1. The fourth-order valence-corrected chi connectivity index (χ4v) is 3.34. The van der Waals surface area contributed by atoms with Crippen LogP contribution in [-0.4, -0.2) is 37.6 Å². The molecular weight excluding hydrogens is 380 g/mol. The summed E-state index contributed by atoms with van der Waals surface area (Å²) < 4.78 is 8.74. The number of aromatic nitrogens is 5. The van der Waals surface area contributed by atoms with Gasteiger partial charge in [0.05, 0.1) is 41.7 Å². The van der Waals surface area contributed by atoms with E-state index >= 15 is 0 Å². The third kappa shape index (κ3) is 3.63. The van der Waals surface area contributed by atoms with E-state index in [4.69, 9.17) is 9.72 Å². The lowest BCUT2D eigenvalue weighted by Gasteiger charge is -2.13. The zero-order chi connectivity index (χ0) is 21.3. The molecule has 0 spiro atoms. The number of rotatable bonds is 6. The van der Waals surface area contributed by atoms with Crippen molar-refractivity contribution in [2.45, 2.75) is 26.4 Å². The van der Waals surface area contributed by atoms with Crippen LogP contribution < -0.4 is 10.1 Å². The SMILES string of the molecule is CCn1ccc(C(C)NC(=O)c2cc(-c3ccc(OC)cc3)nc3c2cnn3C)n1. The van der Waals surface area contributed by atoms with Gasteiger partial charge in [-0.3, -0.25) is 14.2 Å². The number of pyridine rings is 1. The Morgan fingerprint density at radius 1 is 1.23 bits per heavy atom. The van der Waals surface area contributed by atoms with Crippen LogP contribution in [0.4, 0.5) is 0 Å². The maximum Gasteiger partial charge on any atom is 0.252 e. The first-order chi connectivity index (χ1) is 14.5. The van der Waals surface area contributed by atoms with Crippen molar-refractivity contribution in [1.29, 1.82) is 0 Å². The molecule has 1 amide bonds. The van der Waals surface area contributed by atoms with E-state index in [9.17, 15) is 4.79 Å². The van der Waals surface area contributed by atoms with Crippen LogP contribution in [-0.2, 0) is 13.6 Å². The number of benzene rings is 1. The van der Waals surface area contributed by atoms with Gasteiger partial charge in [0.15, 0.2) is 5.65 Å². The van der Waals surface area contributed by atoms with Crippen molar-refractivity contribution in [3.05, 3.63) is 60.0 Å². The third-order valence-corrected chi connectivity index (χ3v) is 5.11. The number of hydrogen-bond acceptors (Lipinski definition) is 5. The summed E-state index contributed by atoms with van der Waals surface area (Å²) in [6, 6.07) is 11.1. The Morgan fingerprint density at radius 3 is 2.67 bits per heavy atom. The van der Waals surface area contributed by atoms with E-state index in [1.54, 1.807) is 24.1 Å². The second-order valence-corrected chi connectivity index (χ2v) is 7.08. The van der Waals surface area contributed by atoms with E-state index in [0.29, 0.717) is 22.3 Å². The Labute approximate surface area is 174 Å². The predicted octanol–water partition coefficient (Wildman–Crippen LogP) is 3.35. The molecule has 8 nitrogen and oxygen atoms in total. The van der Waals surface area contributed by atoms with Crippen LogP contribution >= 0.6 is 0 Å². The molecular formula is C22H24N6O2. The molecule has 0 aliphatic carbocycles. The summed E-state index contributed by atoms with van der Waals surface area (Å²) in [6.07, 6.45) is 3.58. The number of nitrogens with zero attached hydrogens (tertiary/aromatic N) is 5. The van der Waals surface area contributed by atoms with E-state index in [1.165, 1.54) is 0 Å². The summed E-state index contributed by atoms with van der Waals surface area (Å²) >= 11 is 0.